The van der Waals surface area contributed by atoms with Crippen LogP contribution in [0.15, 0.2) is 18.2 Å². The molecule has 2 heterocycles. The van der Waals surface area contributed by atoms with E-state index in [9.17, 15) is 9.18 Å². The third-order valence-electron chi connectivity index (χ3n) is 4.06. The molecule has 0 spiro atoms. The molecule has 2 aliphatic rings. The van der Waals surface area contributed by atoms with Gasteiger partial charge in [-0.2, -0.15) is 0 Å². The summed E-state index contributed by atoms with van der Waals surface area (Å²) in [4.78, 5) is 14.3. The van der Waals surface area contributed by atoms with Gasteiger partial charge in [-0.05, 0) is 31.4 Å². The van der Waals surface area contributed by atoms with Gasteiger partial charge in [0.25, 0.3) is 5.91 Å². The van der Waals surface area contributed by atoms with E-state index >= 15 is 0 Å². The van der Waals surface area contributed by atoms with Crippen molar-refractivity contribution in [3.63, 3.8) is 0 Å². The Morgan fingerprint density at radius 1 is 1.44 bits per heavy atom. The predicted octanol–water partition coefficient (Wildman–Crippen LogP) is 1.57. The highest BCUT2D eigenvalue weighted by Gasteiger charge is 2.40. The zero-order valence-electron chi connectivity index (χ0n) is 10.4. The summed E-state index contributed by atoms with van der Waals surface area (Å²) < 4.78 is 13.8. The highest BCUT2D eigenvalue weighted by molar-refractivity contribution is 5.95. The Bertz CT molecular complexity index is 489. The van der Waals surface area contributed by atoms with E-state index < -0.39 is 5.82 Å². The number of aryl methyl sites for hydroxylation is 1. The average Bonchev–Trinajstić information content (AvgIpc) is 2.93. The van der Waals surface area contributed by atoms with Crippen molar-refractivity contribution in [2.24, 2.45) is 5.92 Å². The lowest BCUT2D eigenvalue weighted by Crippen LogP contribution is -2.39. The molecule has 1 aromatic carbocycles. The summed E-state index contributed by atoms with van der Waals surface area (Å²) in [5.41, 5.74) is 1.13. The van der Waals surface area contributed by atoms with Crippen molar-refractivity contribution in [2.75, 3.05) is 19.6 Å². The standard InChI is InChI=1S/C14H17FN2O/c1-9-2-3-12(15)11(6-9)14(18)17-5-4-10-7-16-8-13(10)17/h2-3,6,10,13,16H,4-5,7-8H2,1H3/t10-,13+/m0/s1. The summed E-state index contributed by atoms with van der Waals surface area (Å²) in [6.07, 6.45) is 1.02. The molecule has 4 heteroatoms. The molecule has 0 radical (unpaired) electrons. The summed E-state index contributed by atoms with van der Waals surface area (Å²) in [6.45, 7) is 4.44. The minimum Gasteiger partial charge on any atom is -0.334 e. The number of benzene rings is 1. The first-order valence-corrected chi connectivity index (χ1v) is 6.44. The van der Waals surface area contributed by atoms with Crippen LogP contribution >= 0.6 is 0 Å². The largest absolute Gasteiger partial charge is 0.334 e. The molecule has 3 rings (SSSR count). The van der Waals surface area contributed by atoms with Crippen LogP contribution in [0.4, 0.5) is 4.39 Å². The fourth-order valence-electron chi connectivity index (χ4n) is 3.06. The number of nitrogens with one attached hydrogen (secondary N) is 1. The van der Waals surface area contributed by atoms with E-state index in [2.05, 4.69) is 5.32 Å². The summed E-state index contributed by atoms with van der Waals surface area (Å²) >= 11 is 0. The molecule has 2 aliphatic heterocycles. The number of nitrogens with zero attached hydrogens (tertiary/aromatic N) is 1. The number of likely N-dealkylation sites (tertiary alicyclic amines) is 1. The van der Waals surface area contributed by atoms with Gasteiger partial charge in [0.2, 0.25) is 0 Å². The number of hydrogen-bond donors (Lipinski definition) is 1. The Labute approximate surface area is 106 Å². The van der Waals surface area contributed by atoms with E-state index in [-0.39, 0.29) is 17.5 Å². The minimum atomic E-state index is -0.417. The highest BCUT2D eigenvalue weighted by atomic mass is 19.1. The third-order valence-corrected chi connectivity index (χ3v) is 4.06. The number of fused-ring (bicyclic) bond motifs is 1. The normalized spacial score (nSPS) is 26.4. The number of carbonyl (C=O) groups is 1. The fourth-order valence-corrected chi connectivity index (χ4v) is 3.06. The molecule has 0 unspecified atom stereocenters. The van der Waals surface area contributed by atoms with Crippen LogP contribution in [-0.2, 0) is 0 Å². The van der Waals surface area contributed by atoms with Crippen molar-refractivity contribution >= 4 is 5.91 Å². The SMILES string of the molecule is Cc1ccc(F)c(C(=O)N2CC[C@H]3CNC[C@H]32)c1. The van der Waals surface area contributed by atoms with Gasteiger partial charge in [-0.1, -0.05) is 11.6 Å². The number of hydrogen-bond acceptors (Lipinski definition) is 2. The Hall–Kier alpha value is -1.42. The van der Waals surface area contributed by atoms with Crippen LogP contribution in [0.25, 0.3) is 0 Å². The Kier molecular flexibility index (Phi) is 2.82. The molecule has 2 atom stereocenters. The molecule has 0 aromatic heterocycles. The second kappa shape index (κ2) is 4.35. The molecular formula is C14H17FN2O. The number of rotatable bonds is 1. The van der Waals surface area contributed by atoms with E-state index in [0.717, 1.165) is 31.6 Å². The molecule has 2 saturated heterocycles. The van der Waals surface area contributed by atoms with Gasteiger partial charge in [0.1, 0.15) is 5.82 Å². The van der Waals surface area contributed by atoms with Crippen LogP contribution in [0.5, 0.6) is 0 Å². The van der Waals surface area contributed by atoms with E-state index in [4.69, 9.17) is 0 Å². The van der Waals surface area contributed by atoms with E-state index in [1.54, 1.807) is 12.1 Å². The Balaban J connectivity index is 1.88. The second-order valence-corrected chi connectivity index (χ2v) is 5.26. The maximum Gasteiger partial charge on any atom is 0.257 e. The van der Waals surface area contributed by atoms with E-state index in [1.165, 1.54) is 6.07 Å². The molecule has 3 nitrogen and oxygen atoms in total. The molecule has 0 saturated carbocycles. The molecule has 18 heavy (non-hydrogen) atoms. The summed E-state index contributed by atoms with van der Waals surface area (Å²) in [6, 6.07) is 4.96. The zero-order valence-corrected chi connectivity index (χ0v) is 10.4. The molecule has 1 amide bonds. The Morgan fingerprint density at radius 2 is 2.28 bits per heavy atom. The van der Waals surface area contributed by atoms with Crippen molar-refractivity contribution < 1.29 is 9.18 Å². The average molecular weight is 248 g/mol. The fraction of sp³-hybridized carbons (Fsp3) is 0.500. The smallest absolute Gasteiger partial charge is 0.257 e. The topological polar surface area (TPSA) is 32.3 Å². The van der Waals surface area contributed by atoms with Gasteiger partial charge in [-0.15, -0.1) is 0 Å². The van der Waals surface area contributed by atoms with Gasteiger partial charge in [0, 0.05) is 25.7 Å². The zero-order chi connectivity index (χ0) is 12.7. The van der Waals surface area contributed by atoms with E-state index in [1.807, 2.05) is 11.8 Å². The van der Waals surface area contributed by atoms with Gasteiger partial charge in [-0.3, -0.25) is 4.79 Å². The monoisotopic (exact) mass is 248 g/mol. The molecule has 0 aliphatic carbocycles. The summed E-state index contributed by atoms with van der Waals surface area (Å²) in [7, 11) is 0. The molecule has 96 valence electrons. The van der Waals surface area contributed by atoms with Gasteiger partial charge < -0.3 is 10.2 Å². The molecule has 2 fully saturated rings. The maximum absolute atomic E-state index is 13.8. The molecular weight excluding hydrogens is 231 g/mol. The maximum atomic E-state index is 13.8. The van der Waals surface area contributed by atoms with Crippen molar-refractivity contribution in [3.05, 3.63) is 35.1 Å². The van der Waals surface area contributed by atoms with Crippen LogP contribution in [0, 0.1) is 18.7 Å². The quantitative estimate of drug-likeness (QED) is 0.818. The van der Waals surface area contributed by atoms with Crippen molar-refractivity contribution in [1.29, 1.82) is 0 Å². The van der Waals surface area contributed by atoms with Crippen molar-refractivity contribution in [2.45, 2.75) is 19.4 Å². The first-order chi connectivity index (χ1) is 8.66. The lowest BCUT2D eigenvalue weighted by atomic mass is 10.0. The van der Waals surface area contributed by atoms with Crippen LogP contribution in [0.1, 0.15) is 22.3 Å². The first-order valence-electron chi connectivity index (χ1n) is 6.44. The molecule has 0 bridgehead atoms. The van der Waals surface area contributed by atoms with Crippen LogP contribution in [0.2, 0.25) is 0 Å². The summed E-state index contributed by atoms with van der Waals surface area (Å²) in [5, 5.41) is 3.30. The van der Waals surface area contributed by atoms with E-state index in [0.29, 0.717) is 5.92 Å². The van der Waals surface area contributed by atoms with Crippen LogP contribution < -0.4 is 5.32 Å². The minimum absolute atomic E-state index is 0.160. The lowest BCUT2D eigenvalue weighted by molar-refractivity contribution is 0.0732. The van der Waals surface area contributed by atoms with Crippen molar-refractivity contribution in [1.82, 2.24) is 10.2 Å². The molecule has 1 aromatic rings. The highest BCUT2D eigenvalue weighted by Crippen LogP contribution is 2.29. The van der Waals surface area contributed by atoms with Gasteiger partial charge >= 0.3 is 0 Å². The van der Waals surface area contributed by atoms with Gasteiger partial charge in [0.05, 0.1) is 5.56 Å². The van der Waals surface area contributed by atoms with Crippen LogP contribution in [0.3, 0.4) is 0 Å². The van der Waals surface area contributed by atoms with Gasteiger partial charge in [0.15, 0.2) is 0 Å². The lowest BCUT2D eigenvalue weighted by Gasteiger charge is -2.23. The van der Waals surface area contributed by atoms with Crippen molar-refractivity contribution in [3.8, 4) is 0 Å². The number of carbonyl (C=O) groups excluding carboxylic acids is 1. The first kappa shape index (κ1) is 11.7. The summed E-state index contributed by atoms with van der Waals surface area (Å²) in [5.74, 6) is -0.0331. The predicted molar refractivity (Wildman–Crippen MR) is 66.9 cm³/mol. The second-order valence-electron chi connectivity index (χ2n) is 5.26. The van der Waals surface area contributed by atoms with Gasteiger partial charge in [-0.25, -0.2) is 4.39 Å². The molecule has 1 N–H and O–H groups in total. The third kappa shape index (κ3) is 1.81. The van der Waals surface area contributed by atoms with Crippen LogP contribution in [-0.4, -0.2) is 36.5 Å². The number of amides is 1. The number of halogens is 1. The Morgan fingerprint density at radius 3 is 3.11 bits per heavy atom.